The third kappa shape index (κ3) is 3.79. The van der Waals surface area contributed by atoms with E-state index >= 15 is 0 Å². The van der Waals surface area contributed by atoms with Gasteiger partial charge in [-0.1, -0.05) is 12.1 Å². The molecule has 0 saturated heterocycles. The molecule has 0 aliphatic heterocycles. The maximum atomic E-state index is 12.1. The molecule has 0 fully saturated rings. The zero-order chi connectivity index (χ0) is 13.8. The summed E-state index contributed by atoms with van der Waals surface area (Å²) in [5, 5.41) is 2.56. The van der Waals surface area contributed by atoms with Crippen LogP contribution in [-0.2, 0) is 14.8 Å². The fourth-order valence-corrected chi connectivity index (χ4v) is 3.55. The first-order valence-electron chi connectivity index (χ1n) is 5.43. The lowest BCUT2D eigenvalue weighted by Crippen LogP contribution is -2.44. The number of carbonyl (C=O) groups excluding carboxylic acids is 1. The standard InChI is InChI=1S/C11H15BrN2O3S/c1-3-13-11(15)8(2)14-18(16,17)10-7-5-4-6-9(10)12/h4-8,14H,3H2,1-2H3,(H,13,15)/t8-/m1/s1. The predicted molar refractivity (Wildman–Crippen MR) is 72.6 cm³/mol. The Morgan fingerprint density at radius 2 is 2.00 bits per heavy atom. The van der Waals surface area contributed by atoms with Gasteiger partial charge in [-0.2, -0.15) is 4.72 Å². The molecule has 7 heteroatoms. The molecule has 0 saturated carbocycles. The van der Waals surface area contributed by atoms with Gasteiger partial charge in [-0.05, 0) is 41.9 Å². The molecule has 0 heterocycles. The highest BCUT2D eigenvalue weighted by Gasteiger charge is 2.23. The monoisotopic (exact) mass is 334 g/mol. The summed E-state index contributed by atoms with van der Waals surface area (Å²) >= 11 is 3.17. The van der Waals surface area contributed by atoms with Crippen LogP contribution in [0.15, 0.2) is 33.6 Å². The Morgan fingerprint density at radius 1 is 1.39 bits per heavy atom. The van der Waals surface area contributed by atoms with Crippen molar-refractivity contribution >= 4 is 31.9 Å². The molecule has 0 radical (unpaired) electrons. The number of rotatable bonds is 5. The smallest absolute Gasteiger partial charge is 0.242 e. The van der Waals surface area contributed by atoms with Gasteiger partial charge in [0, 0.05) is 11.0 Å². The minimum atomic E-state index is -3.71. The lowest BCUT2D eigenvalue weighted by Gasteiger charge is -2.14. The van der Waals surface area contributed by atoms with E-state index in [1.807, 2.05) is 0 Å². The Bertz CT molecular complexity index is 531. The summed E-state index contributed by atoms with van der Waals surface area (Å²) in [6.07, 6.45) is 0. The van der Waals surface area contributed by atoms with Crippen LogP contribution in [-0.4, -0.2) is 26.9 Å². The van der Waals surface area contributed by atoms with E-state index in [9.17, 15) is 13.2 Å². The molecule has 5 nitrogen and oxygen atoms in total. The normalized spacial score (nSPS) is 13.1. The van der Waals surface area contributed by atoms with Crippen LogP contribution in [0.5, 0.6) is 0 Å². The highest BCUT2D eigenvalue weighted by Crippen LogP contribution is 2.20. The molecule has 0 aromatic heterocycles. The van der Waals surface area contributed by atoms with Gasteiger partial charge in [-0.3, -0.25) is 4.79 Å². The number of sulfonamides is 1. The van der Waals surface area contributed by atoms with E-state index < -0.39 is 16.1 Å². The number of halogens is 1. The van der Waals surface area contributed by atoms with Crippen molar-refractivity contribution in [3.8, 4) is 0 Å². The van der Waals surface area contributed by atoms with E-state index in [0.717, 1.165) is 0 Å². The van der Waals surface area contributed by atoms with E-state index in [2.05, 4.69) is 26.0 Å². The van der Waals surface area contributed by atoms with Crippen molar-refractivity contribution in [1.82, 2.24) is 10.0 Å². The van der Waals surface area contributed by atoms with Crippen molar-refractivity contribution in [2.45, 2.75) is 24.8 Å². The van der Waals surface area contributed by atoms with Crippen LogP contribution in [0, 0.1) is 0 Å². The van der Waals surface area contributed by atoms with Crippen LogP contribution in [0.25, 0.3) is 0 Å². The molecule has 0 aliphatic rings. The lowest BCUT2D eigenvalue weighted by atomic mass is 10.3. The fraction of sp³-hybridized carbons (Fsp3) is 0.364. The Balaban J connectivity index is 2.90. The topological polar surface area (TPSA) is 75.3 Å². The third-order valence-electron chi connectivity index (χ3n) is 2.20. The summed E-state index contributed by atoms with van der Waals surface area (Å²) in [4.78, 5) is 11.6. The maximum Gasteiger partial charge on any atom is 0.242 e. The summed E-state index contributed by atoms with van der Waals surface area (Å²) in [5.41, 5.74) is 0. The van der Waals surface area contributed by atoms with Crippen molar-refractivity contribution in [3.63, 3.8) is 0 Å². The van der Waals surface area contributed by atoms with Crippen LogP contribution in [0.1, 0.15) is 13.8 Å². The Kier molecular flexibility index (Phi) is 5.30. The molecule has 0 spiro atoms. The average Bonchev–Trinajstić information content (AvgIpc) is 2.29. The minimum Gasteiger partial charge on any atom is -0.355 e. The average molecular weight is 335 g/mol. The first-order valence-corrected chi connectivity index (χ1v) is 7.70. The number of benzene rings is 1. The molecule has 2 N–H and O–H groups in total. The van der Waals surface area contributed by atoms with Crippen LogP contribution >= 0.6 is 15.9 Å². The van der Waals surface area contributed by atoms with E-state index in [-0.39, 0.29) is 10.8 Å². The van der Waals surface area contributed by atoms with Gasteiger partial charge in [0.2, 0.25) is 15.9 Å². The first kappa shape index (κ1) is 15.1. The van der Waals surface area contributed by atoms with Crippen LogP contribution in [0.4, 0.5) is 0 Å². The van der Waals surface area contributed by atoms with Gasteiger partial charge < -0.3 is 5.32 Å². The zero-order valence-corrected chi connectivity index (χ0v) is 12.5. The summed E-state index contributed by atoms with van der Waals surface area (Å²) in [6, 6.07) is 5.62. The molecule has 1 aromatic carbocycles. The van der Waals surface area contributed by atoms with E-state index in [4.69, 9.17) is 0 Å². The molecule has 0 aliphatic carbocycles. The van der Waals surface area contributed by atoms with Gasteiger partial charge in [0.1, 0.15) is 0 Å². The fourth-order valence-electron chi connectivity index (χ4n) is 1.34. The quantitative estimate of drug-likeness (QED) is 0.850. The maximum absolute atomic E-state index is 12.1. The number of hydrogen-bond donors (Lipinski definition) is 2. The van der Waals surface area contributed by atoms with Crippen LogP contribution in [0.3, 0.4) is 0 Å². The van der Waals surface area contributed by atoms with Crippen molar-refractivity contribution in [2.75, 3.05) is 6.54 Å². The molecule has 1 aromatic rings. The number of nitrogens with one attached hydrogen (secondary N) is 2. The lowest BCUT2D eigenvalue weighted by molar-refractivity contribution is -0.122. The van der Waals surface area contributed by atoms with Gasteiger partial charge in [0.15, 0.2) is 0 Å². The second-order valence-electron chi connectivity index (χ2n) is 3.67. The summed E-state index contributed by atoms with van der Waals surface area (Å²) < 4.78 is 26.9. The van der Waals surface area contributed by atoms with Crippen LogP contribution in [0.2, 0.25) is 0 Å². The van der Waals surface area contributed by atoms with Crippen LogP contribution < -0.4 is 10.0 Å². The van der Waals surface area contributed by atoms with E-state index in [1.165, 1.54) is 13.0 Å². The number of carbonyl (C=O) groups is 1. The van der Waals surface area contributed by atoms with E-state index in [1.54, 1.807) is 25.1 Å². The predicted octanol–water partition coefficient (Wildman–Crippen LogP) is 1.25. The third-order valence-corrected chi connectivity index (χ3v) is 4.76. The second-order valence-corrected chi connectivity index (χ2v) is 6.20. The summed E-state index contributed by atoms with van der Waals surface area (Å²) in [7, 11) is -3.71. The highest BCUT2D eigenvalue weighted by atomic mass is 79.9. The zero-order valence-electron chi connectivity index (χ0n) is 10.1. The number of likely N-dealkylation sites (N-methyl/N-ethyl adjacent to an activating group) is 1. The molecule has 0 unspecified atom stereocenters. The van der Waals surface area contributed by atoms with Crippen molar-refractivity contribution < 1.29 is 13.2 Å². The molecule has 1 amide bonds. The molecule has 1 rings (SSSR count). The van der Waals surface area contributed by atoms with Gasteiger partial charge in [0.05, 0.1) is 10.9 Å². The Labute approximate surface area is 115 Å². The highest BCUT2D eigenvalue weighted by molar-refractivity contribution is 9.10. The summed E-state index contributed by atoms with van der Waals surface area (Å²) in [5.74, 6) is -0.354. The Hall–Kier alpha value is -0.920. The molecular weight excluding hydrogens is 320 g/mol. The second kappa shape index (κ2) is 6.31. The summed E-state index contributed by atoms with van der Waals surface area (Å²) in [6.45, 7) is 3.73. The number of amides is 1. The van der Waals surface area contributed by atoms with Crippen molar-refractivity contribution in [3.05, 3.63) is 28.7 Å². The molecule has 1 atom stereocenters. The van der Waals surface area contributed by atoms with Crippen molar-refractivity contribution in [2.24, 2.45) is 0 Å². The first-order chi connectivity index (χ1) is 8.38. The van der Waals surface area contributed by atoms with Crippen molar-refractivity contribution in [1.29, 1.82) is 0 Å². The van der Waals surface area contributed by atoms with Gasteiger partial charge >= 0.3 is 0 Å². The molecule has 18 heavy (non-hydrogen) atoms. The van der Waals surface area contributed by atoms with Gasteiger partial charge in [-0.15, -0.1) is 0 Å². The van der Waals surface area contributed by atoms with Gasteiger partial charge in [-0.25, -0.2) is 8.42 Å². The largest absolute Gasteiger partial charge is 0.355 e. The minimum absolute atomic E-state index is 0.112. The van der Waals surface area contributed by atoms with E-state index in [0.29, 0.717) is 11.0 Å². The SMILES string of the molecule is CCNC(=O)[C@@H](C)NS(=O)(=O)c1ccccc1Br. The molecule has 0 bridgehead atoms. The molecular formula is C11H15BrN2O3S. The number of hydrogen-bond acceptors (Lipinski definition) is 3. The van der Waals surface area contributed by atoms with Gasteiger partial charge in [0.25, 0.3) is 0 Å². The Morgan fingerprint density at radius 3 is 2.56 bits per heavy atom. The molecule has 100 valence electrons.